The Bertz CT molecular complexity index is 563. The molecule has 0 bridgehead atoms. The first-order valence-corrected chi connectivity index (χ1v) is 6.29. The fraction of sp³-hybridized carbons (Fsp3) is 0.357. The number of aromatic nitrogens is 2. The molecule has 1 heterocycles. The summed E-state index contributed by atoms with van der Waals surface area (Å²) in [6, 6.07) is 7.65. The molecule has 4 heteroatoms. The first-order valence-electron chi connectivity index (χ1n) is 5.91. The van der Waals surface area contributed by atoms with Gasteiger partial charge in [-0.1, -0.05) is 23.7 Å². The van der Waals surface area contributed by atoms with Gasteiger partial charge >= 0.3 is 0 Å². The van der Waals surface area contributed by atoms with Crippen LogP contribution in [0.2, 0.25) is 5.02 Å². The van der Waals surface area contributed by atoms with E-state index < -0.39 is 6.10 Å². The molecule has 0 radical (unpaired) electrons. The zero-order valence-electron chi connectivity index (χ0n) is 10.8. The Balaban J connectivity index is 2.19. The van der Waals surface area contributed by atoms with E-state index in [1.807, 2.05) is 45.2 Å². The maximum atomic E-state index is 10.2. The summed E-state index contributed by atoms with van der Waals surface area (Å²) in [5, 5.41) is 15.2. The highest BCUT2D eigenvalue weighted by atomic mass is 35.5. The Labute approximate surface area is 112 Å². The molecule has 96 valence electrons. The van der Waals surface area contributed by atoms with Crippen molar-refractivity contribution in [3.05, 3.63) is 51.8 Å². The molecule has 0 aliphatic carbocycles. The van der Waals surface area contributed by atoms with Crippen molar-refractivity contribution in [1.29, 1.82) is 0 Å². The second-order valence-electron chi connectivity index (χ2n) is 4.63. The molecular weight excluding hydrogens is 248 g/mol. The summed E-state index contributed by atoms with van der Waals surface area (Å²) < 4.78 is 1.80. The maximum absolute atomic E-state index is 10.2. The monoisotopic (exact) mass is 264 g/mol. The molecule has 1 unspecified atom stereocenters. The van der Waals surface area contributed by atoms with Gasteiger partial charge in [0.15, 0.2) is 0 Å². The lowest BCUT2D eigenvalue weighted by molar-refractivity contribution is 0.176. The second-order valence-corrected chi connectivity index (χ2v) is 5.04. The average Bonchev–Trinajstić information content (AvgIpc) is 2.61. The zero-order chi connectivity index (χ0) is 13.3. The highest BCUT2D eigenvalue weighted by molar-refractivity contribution is 6.31. The third-order valence-electron chi connectivity index (χ3n) is 3.08. The van der Waals surface area contributed by atoms with Crippen LogP contribution in [0.4, 0.5) is 0 Å². The standard InChI is InChI=1S/C14H17ClN2O/c1-9-4-5-11(7-13(9)15)14(18)8-12-6-10(2)16-17(12)3/h4-7,14,18H,8H2,1-3H3. The van der Waals surface area contributed by atoms with Crippen LogP contribution >= 0.6 is 11.6 Å². The van der Waals surface area contributed by atoms with Crippen molar-refractivity contribution in [3.63, 3.8) is 0 Å². The lowest BCUT2D eigenvalue weighted by atomic mass is 10.0. The van der Waals surface area contributed by atoms with Crippen LogP contribution in [-0.2, 0) is 13.5 Å². The van der Waals surface area contributed by atoms with E-state index in [1.165, 1.54) is 0 Å². The van der Waals surface area contributed by atoms with E-state index >= 15 is 0 Å². The molecule has 3 nitrogen and oxygen atoms in total. The summed E-state index contributed by atoms with van der Waals surface area (Å²) >= 11 is 6.07. The van der Waals surface area contributed by atoms with Crippen LogP contribution < -0.4 is 0 Å². The van der Waals surface area contributed by atoms with Crippen LogP contribution in [0.15, 0.2) is 24.3 Å². The third kappa shape index (κ3) is 2.74. The predicted molar refractivity (Wildman–Crippen MR) is 72.8 cm³/mol. The Morgan fingerprint density at radius 2 is 2.06 bits per heavy atom. The molecule has 0 amide bonds. The van der Waals surface area contributed by atoms with Crippen molar-refractivity contribution < 1.29 is 5.11 Å². The van der Waals surface area contributed by atoms with Crippen molar-refractivity contribution in [1.82, 2.24) is 9.78 Å². The topological polar surface area (TPSA) is 38.0 Å². The molecule has 0 saturated heterocycles. The van der Waals surface area contributed by atoms with Gasteiger partial charge in [-0.05, 0) is 37.1 Å². The Hall–Kier alpha value is -1.32. The molecular formula is C14H17ClN2O. The summed E-state index contributed by atoms with van der Waals surface area (Å²) in [4.78, 5) is 0. The van der Waals surface area contributed by atoms with E-state index in [-0.39, 0.29) is 0 Å². The molecule has 0 aliphatic heterocycles. The molecule has 1 N–H and O–H groups in total. The quantitative estimate of drug-likeness (QED) is 0.926. The SMILES string of the molecule is Cc1cc(CC(O)c2ccc(C)c(Cl)c2)n(C)n1. The number of hydrogen-bond acceptors (Lipinski definition) is 2. The van der Waals surface area contributed by atoms with Gasteiger partial charge in [-0.15, -0.1) is 0 Å². The molecule has 1 aromatic carbocycles. The molecule has 2 rings (SSSR count). The van der Waals surface area contributed by atoms with Gasteiger partial charge in [0.25, 0.3) is 0 Å². The third-order valence-corrected chi connectivity index (χ3v) is 3.49. The first kappa shape index (κ1) is 13.1. The summed E-state index contributed by atoms with van der Waals surface area (Å²) in [6.45, 7) is 3.89. The molecule has 2 aromatic rings. The van der Waals surface area contributed by atoms with Crippen molar-refractivity contribution in [3.8, 4) is 0 Å². The van der Waals surface area contributed by atoms with Gasteiger partial charge in [0.05, 0.1) is 11.8 Å². The van der Waals surface area contributed by atoms with E-state index in [1.54, 1.807) is 4.68 Å². The summed E-state index contributed by atoms with van der Waals surface area (Å²) in [7, 11) is 1.89. The van der Waals surface area contributed by atoms with Gasteiger partial charge in [0.1, 0.15) is 0 Å². The molecule has 0 fully saturated rings. The van der Waals surface area contributed by atoms with Crippen LogP contribution in [0.25, 0.3) is 0 Å². The number of nitrogens with zero attached hydrogens (tertiary/aromatic N) is 2. The van der Waals surface area contributed by atoms with Gasteiger partial charge in [0.2, 0.25) is 0 Å². The van der Waals surface area contributed by atoms with Gasteiger partial charge in [-0.25, -0.2) is 0 Å². The Kier molecular flexibility index (Phi) is 3.73. The smallest absolute Gasteiger partial charge is 0.0845 e. The van der Waals surface area contributed by atoms with Crippen molar-refractivity contribution in [2.45, 2.75) is 26.4 Å². The largest absolute Gasteiger partial charge is 0.388 e. The molecule has 0 aliphatic rings. The van der Waals surface area contributed by atoms with Crippen molar-refractivity contribution >= 4 is 11.6 Å². The van der Waals surface area contributed by atoms with Gasteiger partial charge in [0, 0.05) is 24.2 Å². The number of aliphatic hydroxyl groups excluding tert-OH is 1. The maximum Gasteiger partial charge on any atom is 0.0845 e. The lowest BCUT2D eigenvalue weighted by Crippen LogP contribution is -2.06. The predicted octanol–water partition coefficient (Wildman–Crippen LogP) is 2.97. The van der Waals surface area contributed by atoms with Gasteiger partial charge in [-0.2, -0.15) is 5.10 Å². The van der Waals surface area contributed by atoms with Crippen molar-refractivity contribution in [2.75, 3.05) is 0 Å². The molecule has 0 spiro atoms. The minimum atomic E-state index is -0.558. The number of aliphatic hydroxyl groups is 1. The summed E-state index contributed by atoms with van der Waals surface area (Å²) in [5.74, 6) is 0. The lowest BCUT2D eigenvalue weighted by Gasteiger charge is -2.12. The van der Waals surface area contributed by atoms with Gasteiger partial charge in [-0.3, -0.25) is 4.68 Å². The minimum absolute atomic E-state index is 0.538. The summed E-state index contributed by atoms with van der Waals surface area (Å²) in [5.41, 5.74) is 3.83. The number of rotatable bonds is 3. The first-order chi connectivity index (χ1) is 8.47. The van der Waals surface area contributed by atoms with Crippen LogP contribution in [0.5, 0.6) is 0 Å². The van der Waals surface area contributed by atoms with E-state index in [4.69, 9.17) is 11.6 Å². The number of hydrogen-bond donors (Lipinski definition) is 1. The molecule has 1 atom stereocenters. The highest BCUT2D eigenvalue weighted by Gasteiger charge is 2.12. The number of benzene rings is 1. The van der Waals surface area contributed by atoms with Crippen LogP contribution in [0.3, 0.4) is 0 Å². The van der Waals surface area contributed by atoms with E-state index in [0.717, 1.165) is 22.5 Å². The normalized spacial score (nSPS) is 12.7. The molecule has 18 heavy (non-hydrogen) atoms. The van der Waals surface area contributed by atoms with Crippen molar-refractivity contribution in [2.24, 2.45) is 7.05 Å². The number of aryl methyl sites for hydroxylation is 3. The van der Waals surface area contributed by atoms with Crippen LogP contribution in [-0.4, -0.2) is 14.9 Å². The number of halogens is 1. The van der Waals surface area contributed by atoms with E-state index in [2.05, 4.69) is 5.10 Å². The Morgan fingerprint density at radius 1 is 1.33 bits per heavy atom. The summed E-state index contributed by atoms with van der Waals surface area (Å²) in [6.07, 6.45) is -0.0191. The Morgan fingerprint density at radius 3 is 2.61 bits per heavy atom. The average molecular weight is 265 g/mol. The highest BCUT2D eigenvalue weighted by Crippen LogP contribution is 2.23. The van der Waals surface area contributed by atoms with Crippen LogP contribution in [0, 0.1) is 13.8 Å². The molecule has 1 aromatic heterocycles. The second kappa shape index (κ2) is 5.12. The minimum Gasteiger partial charge on any atom is -0.388 e. The zero-order valence-corrected chi connectivity index (χ0v) is 11.6. The van der Waals surface area contributed by atoms with E-state index in [9.17, 15) is 5.11 Å². The fourth-order valence-electron chi connectivity index (χ4n) is 1.99. The van der Waals surface area contributed by atoms with Gasteiger partial charge < -0.3 is 5.11 Å². The molecule has 0 saturated carbocycles. The van der Waals surface area contributed by atoms with Crippen LogP contribution in [0.1, 0.15) is 28.6 Å². The van der Waals surface area contributed by atoms with E-state index in [0.29, 0.717) is 11.4 Å². The fourth-order valence-corrected chi connectivity index (χ4v) is 2.18.